The molecule has 5 nitrogen and oxygen atoms in total. The van der Waals surface area contributed by atoms with Crippen molar-refractivity contribution in [2.45, 2.75) is 26.6 Å². The van der Waals surface area contributed by atoms with Crippen molar-refractivity contribution in [3.05, 3.63) is 95.1 Å². The molecule has 3 aromatic rings. The summed E-state index contributed by atoms with van der Waals surface area (Å²) in [6.07, 6.45) is 0. The number of benzene rings is 3. The lowest BCUT2D eigenvalue weighted by atomic mass is 10.1. The number of hydrogen-bond acceptors (Lipinski definition) is 4. The second-order valence-electron chi connectivity index (χ2n) is 6.56. The first-order chi connectivity index (χ1) is 14.2. The zero-order valence-corrected chi connectivity index (χ0v) is 17.7. The maximum Gasteiger partial charge on any atom is 0.335 e. The van der Waals surface area contributed by atoms with Crippen molar-refractivity contribution in [2.75, 3.05) is 6.61 Å². The fourth-order valence-corrected chi connectivity index (χ4v) is 2.97. The molecule has 30 heavy (non-hydrogen) atoms. The van der Waals surface area contributed by atoms with Crippen molar-refractivity contribution in [1.82, 2.24) is 5.32 Å². The topological polar surface area (TPSA) is 67.8 Å². The van der Waals surface area contributed by atoms with Crippen LogP contribution in [0.5, 0.6) is 11.5 Å². The van der Waals surface area contributed by atoms with Crippen LogP contribution in [-0.4, -0.2) is 17.7 Å². The Labute approximate surface area is 183 Å². The number of halogens is 1. The highest BCUT2D eigenvalue weighted by atomic mass is 35.5. The second-order valence-corrected chi connectivity index (χ2v) is 6.56. The van der Waals surface area contributed by atoms with Crippen LogP contribution >= 0.6 is 12.4 Å². The number of aromatic carboxylic acids is 1. The van der Waals surface area contributed by atoms with Crippen molar-refractivity contribution in [3.8, 4) is 11.5 Å². The lowest BCUT2D eigenvalue weighted by Gasteiger charge is -2.16. The van der Waals surface area contributed by atoms with E-state index in [0.29, 0.717) is 26.3 Å². The quantitative estimate of drug-likeness (QED) is 0.472. The van der Waals surface area contributed by atoms with E-state index >= 15 is 0 Å². The molecule has 0 atom stereocenters. The summed E-state index contributed by atoms with van der Waals surface area (Å²) in [5.74, 6) is 0.554. The predicted octanol–water partition coefficient (Wildman–Crippen LogP) is 5.07. The molecule has 0 spiro atoms. The number of carboxylic acids is 1. The normalized spacial score (nSPS) is 10.2. The van der Waals surface area contributed by atoms with Crippen LogP contribution in [0.2, 0.25) is 0 Å². The molecule has 0 aliphatic rings. The maximum absolute atomic E-state index is 11.0. The van der Waals surface area contributed by atoms with Gasteiger partial charge in [0.1, 0.15) is 6.61 Å². The monoisotopic (exact) mass is 427 g/mol. The van der Waals surface area contributed by atoms with Gasteiger partial charge in [0.05, 0.1) is 12.2 Å². The fraction of sp³-hybridized carbons (Fsp3) is 0.208. The van der Waals surface area contributed by atoms with E-state index in [1.54, 1.807) is 12.1 Å². The molecule has 0 saturated heterocycles. The zero-order valence-electron chi connectivity index (χ0n) is 16.8. The van der Waals surface area contributed by atoms with Crippen molar-refractivity contribution in [2.24, 2.45) is 0 Å². The van der Waals surface area contributed by atoms with Crippen LogP contribution in [-0.2, 0) is 19.7 Å². The molecule has 0 saturated carbocycles. The third-order valence-corrected chi connectivity index (χ3v) is 4.43. The van der Waals surface area contributed by atoms with Gasteiger partial charge >= 0.3 is 5.97 Å². The van der Waals surface area contributed by atoms with Gasteiger partial charge in [-0.1, -0.05) is 54.6 Å². The molecule has 0 aliphatic heterocycles. The first-order valence-electron chi connectivity index (χ1n) is 9.61. The fourth-order valence-electron chi connectivity index (χ4n) is 2.97. The summed E-state index contributed by atoms with van der Waals surface area (Å²) in [5.41, 5.74) is 3.41. The highest BCUT2D eigenvalue weighted by Gasteiger charge is 2.11. The van der Waals surface area contributed by atoms with Crippen molar-refractivity contribution >= 4 is 18.4 Å². The van der Waals surface area contributed by atoms with E-state index in [-0.39, 0.29) is 18.0 Å². The molecule has 0 bridgehead atoms. The highest BCUT2D eigenvalue weighted by Crippen LogP contribution is 2.32. The number of carbonyl (C=O) groups is 1. The first-order valence-corrected chi connectivity index (χ1v) is 9.61. The summed E-state index contributed by atoms with van der Waals surface area (Å²) in [6.45, 7) is 4.21. The minimum absolute atomic E-state index is 0. The Balaban J connectivity index is 0.00000320. The van der Waals surface area contributed by atoms with Crippen molar-refractivity contribution in [3.63, 3.8) is 0 Å². The molecular formula is C24H26ClNO4. The molecule has 0 amide bonds. The molecule has 0 radical (unpaired) electrons. The number of nitrogens with one attached hydrogen (secondary N) is 1. The molecule has 6 heteroatoms. The average molecular weight is 428 g/mol. The van der Waals surface area contributed by atoms with Crippen molar-refractivity contribution in [1.29, 1.82) is 0 Å². The van der Waals surface area contributed by atoms with Crippen LogP contribution in [0.25, 0.3) is 0 Å². The Hall–Kier alpha value is -3.02. The molecule has 3 aromatic carbocycles. The van der Waals surface area contributed by atoms with E-state index in [1.807, 2.05) is 67.6 Å². The predicted molar refractivity (Wildman–Crippen MR) is 120 cm³/mol. The van der Waals surface area contributed by atoms with Crippen LogP contribution in [0.1, 0.15) is 34.0 Å². The smallest absolute Gasteiger partial charge is 0.335 e. The standard InChI is InChI=1S/C24H25NO4.ClH/c1-2-28-22-10-6-9-21(23(22)29-17-19-7-4-3-5-8-19)16-25-15-18-11-13-20(14-12-18)24(26)27;/h3-14,25H,2,15-17H2,1H3,(H,26,27);1H. The van der Waals surface area contributed by atoms with Crippen LogP contribution in [0, 0.1) is 0 Å². The molecule has 0 heterocycles. The third kappa shape index (κ3) is 6.51. The Morgan fingerprint density at radius 1 is 0.867 bits per heavy atom. The van der Waals surface area contributed by atoms with Gasteiger partial charge in [0, 0.05) is 18.7 Å². The molecule has 2 N–H and O–H groups in total. The van der Waals surface area contributed by atoms with Gasteiger partial charge in [-0.15, -0.1) is 12.4 Å². The highest BCUT2D eigenvalue weighted by molar-refractivity contribution is 5.87. The van der Waals surface area contributed by atoms with Crippen LogP contribution in [0.4, 0.5) is 0 Å². The van der Waals surface area contributed by atoms with Crippen LogP contribution in [0.15, 0.2) is 72.8 Å². The maximum atomic E-state index is 11.0. The van der Waals surface area contributed by atoms with Crippen molar-refractivity contribution < 1.29 is 19.4 Å². The molecular weight excluding hydrogens is 402 g/mol. The minimum Gasteiger partial charge on any atom is -0.490 e. The lowest BCUT2D eigenvalue weighted by Crippen LogP contribution is -2.14. The number of hydrogen-bond donors (Lipinski definition) is 2. The van der Waals surface area contributed by atoms with Gasteiger partial charge in [-0.3, -0.25) is 0 Å². The molecule has 0 aromatic heterocycles. The summed E-state index contributed by atoms with van der Waals surface area (Å²) in [6, 6.07) is 22.8. The second kappa shape index (κ2) is 11.9. The van der Waals surface area contributed by atoms with Gasteiger partial charge in [0.15, 0.2) is 11.5 Å². The average Bonchev–Trinajstić information content (AvgIpc) is 2.74. The molecule has 158 valence electrons. The van der Waals surface area contributed by atoms with Gasteiger partial charge < -0.3 is 19.9 Å². The lowest BCUT2D eigenvalue weighted by molar-refractivity contribution is 0.0697. The number of rotatable bonds is 10. The summed E-state index contributed by atoms with van der Waals surface area (Å²) in [7, 11) is 0. The van der Waals surface area contributed by atoms with E-state index in [4.69, 9.17) is 14.6 Å². The van der Waals surface area contributed by atoms with Gasteiger partial charge in [0.25, 0.3) is 0 Å². The van der Waals surface area contributed by atoms with E-state index in [2.05, 4.69) is 5.32 Å². The molecule has 0 fully saturated rings. The Morgan fingerprint density at radius 2 is 1.60 bits per heavy atom. The van der Waals surface area contributed by atoms with E-state index < -0.39 is 5.97 Å². The van der Waals surface area contributed by atoms with Gasteiger partial charge in [-0.25, -0.2) is 4.79 Å². The van der Waals surface area contributed by atoms with Crippen LogP contribution < -0.4 is 14.8 Å². The molecule has 0 unspecified atom stereocenters. The summed E-state index contributed by atoms with van der Waals surface area (Å²) >= 11 is 0. The summed E-state index contributed by atoms with van der Waals surface area (Å²) < 4.78 is 11.9. The Morgan fingerprint density at radius 3 is 2.27 bits per heavy atom. The summed E-state index contributed by atoms with van der Waals surface area (Å²) in [4.78, 5) is 11.0. The van der Waals surface area contributed by atoms with E-state index in [9.17, 15) is 4.79 Å². The van der Waals surface area contributed by atoms with E-state index in [0.717, 1.165) is 28.2 Å². The number of carboxylic acid groups (broad SMARTS) is 1. The van der Waals surface area contributed by atoms with E-state index in [1.165, 1.54) is 0 Å². The minimum atomic E-state index is -0.919. The number of para-hydroxylation sites is 1. The Kier molecular flexibility index (Phi) is 9.19. The third-order valence-electron chi connectivity index (χ3n) is 4.43. The van der Waals surface area contributed by atoms with Gasteiger partial charge in [0.2, 0.25) is 0 Å². The van der Waals surface area contributed by atoms with Gasteiger partial charge in [-0.05, 0) is 36.2 Å². The van der Waals surface area contributed by atoms with Gasteiger partial charge in [-0.2, -0.15) is 0 Å². The van der Waals surface area contributed by atoms with Crippen LogP contribution in [0.3, 0.4) is 0 Å². The summed E-state index contributed by atoms with van der Waals surface area (Å²) in [5, 5.41) is 12.4. The Bertz CT molecular complexity index is 930. The molecule has 0 aliphatic carbocycles. The molecule has 3 rings (SSSR count). The first kappa shape index (κ1) is 23.3. The zero-order chi connectivity index (χ0) is 20.5. The number of ether oxygens (including phenoxy) is 2. The largest absolute Gasteiger partial charge is 0.490 e. The SMILES string of the molecule is CCOc1cccc(CNCc2ccc(C(=O)O)cc2)c1OCc1ccccc1.Cl.